The quantitative estimate of drug-likeness (QED) is 0.369. The van der Waals surface area contributed by atoms with Crippen LogP contribution in [-0.4, -0.2) is 59.6 Å². The molecule has 2 aliphatic rings. The lowest BCUT2D eigenvalue weighted by atomic mass is 9.80. The van der Waals surface area contributed by atoms with Crippen LogP contribution in [0.2, 0.25) is 0 Å². The largest absolute Gasteiger partial charge is 0.467 e. The Morgan fingerprint density at radius 3 is 2.63 bits per heavy atom. The van der Waals surface area contributed by atoms with Crippen LogP contribution in [0.1, 0.15) is 48.3 Å². The Kier molecular flexibility index (Phi) is 7.49. The molecule has 0 radical (unpaired) electrons. The summed E-state index contributed by atoms with van der Waals surface area (Å²) in [4.78, 5) is 14.8. The van der Waals surface area contributed by atoms with Crippen LogP contribution in [0, 0.1) is 6.92 Å². The fourth-order valence-corrected chi connectivity index (χ4v) is 5.46. The van der Waals surface area contributed by atoms with Crippen LogP contribution in [0.25, 0.3) is 11.0 Å². The van der Waals surface area contributed by atoms with Crippen molar-refractivity contribution >= 4 is 22.7 Å². The maximum atomic E-state index is 13.0. The van der Waals surface area contributed by atoms with Gasteiger partial charge in [0.25, 0.3) is 0 Å². The Morgan fingerprint density at radius 2 is 1.92 bits per heavy atom. The van der Waals surface area contributed by atoms with Gasteiger partial charge in [-0.3, -0.25) is 9.69 Å². The number of carbonyl (C=O) groups excluding carboxylic acids is 1. The average Bonchev–Trinajstić information content (AvgIpc) is 3.28. The predicted octanol–water partition coefficient (Wildman–Crippen LogP) is 4.42. The van der Waals surface area contributed by atoms with Gasteiger partial charge in [-0.1, -0.05) is 17.3 Å². The number of nitrogens with zero attached hydrogens (tertiary/aromatic N) is 2. The molecule has 0 unspecified atom stereocenters. The summed E-state index contributed by atoms with van der Waals surface area (Å²) in [6.45, 7) is 3.08. The number of aromatic nitrogens is 1. The summed E-state index contributed by atoms with van der Waals surface area (Å²) in [5.41, 5.74) is 1.66. The third kappa shape index (κ3) is 5.73. The van der Waals surface area contributed by atoms with Gasteiger partial charge in [-0.25, -0.2) is 0 Å². The summed E-state index contributed by atoms with van der Waals surface area (Å²) < 4.78 is 49.5. The van der Waals surface area contributed by atoms with E-state index < -0.39 is 11.7 Å². The van der Waals surface area contributed by atoms with E-state index in [1.54, 1.807) is 0 Å². The number of aryl methyl sites for hydroxylation is 1. The van der Waals surface area contributed by atoms with E-state index in [4.69, 9.17) is 14.4 Å². The van der Waals surface area contributed by atoms with Crippen molar-refractivity contribution in [3.8, 4) is 5.75 Å². The smallest absolute Gasteiger partial charge is 0.416 e. The Balaban J connectivity index is 1.06. The average molecular weight is 533 g/mol. The van der Waals surface area contributed by atoms with Crippen molar-refractivity contribution in [3.63, 3.8) is 0 Å². The topological polar surface area (TPSA) is 99.9 Å². The van der Waals surface area contributed by atoms with Crippen LogP contribution in [0.3, 0.4) is 0 Å². The Labute approximate surface area is 218 Å². The van der Waals surface area contributed by atoms with E-state index in [0.717, 1.165) is 62.2 Å². The van der Waals surface area contributed by atoms with E-state index in [1.165, 1.54) is 11.6 Å². The van der Waals surface area contributed by atoms with Gasteiger partial charge >= 0.3 is 6.18 Å². The number of nitrogens with one attached hydrogen (secondary N) is 2. The second-order valence-electron chi connectivity index (χ2n) is 10.1. The number of benzene rings is 2. The SMILES string of the molecule is Cc1ccc(C2CCC(N3CC(NC(=O)CNc4noc5ccc(C(F)(F)F)cc45)C3)CC2)cc1OCO. The zero-order chi connectivity index (χ0) is 26.9. The second-order valence-corrected chi connectivity index (χ2v) is 10.1. The van der Waals surface area contributed by atoms with E-state index in [0.29, 0.717) is 12.0 Å². The van der Waals surface area contributed by atoms with E-state index in [1.807, 2.05) is 19.1 Å². The lowest BCUT2D eigenvalue weighted by Crippen LogP contribution is -2.63. The molecule has 1 saturated carbocycles. The summed E-state index contributed by atoms with van der Waals surface area (Å²) in [6.07, 6.45) is -0.169. The highest BCUT2D eigenvalue weighted by Crippen LogP contribution is 2.38. The number of ether oxygens (including phenoxy) is 1. The maximum absolute atomic E-state index is 13.0. The lowest BCUT2D eigenvalue weighted by molar-refractivity contribution is -0.137. The molecule has 2 aromatic carbocycles. The number of halogens is 3. The van der Waals surface area contributed by atoms with Crippen molar-refractivity contribution < 1.29 is 32.3 Å². The molecular formula is C27H31F3N4O4. The molecule has 2 heterocycles. The van der Waals surface area contributed by atoms with Crippen molar-refractivity contribution in [2.24, 2.45) is 0 Å². The summed E-state index contributed by atoms with van der Waals surface area (Å²) >= 11 is 0. The van der Waals surface area contributed by atoms with Crippen molar-refractivity contribution in [2.45, 2.75) is 56.8 Å². The number of hydrogen-bond donors (Lipinski definition) is 3. The van der Waals surface area contributed by atoms with Crippen LogP contribution >= 0.6 is 0 Å². The fourth-order valence-electron chi connectivity index (χ4n) is 5.46. The molecule has 11 heteroatoms. The first kappa shape index (κ1) is 26.3. The second kappa shape index (κ2) is 10.8. The molecule has 204 valence electrons. The van der Waals surface area contributed by atoms with Crippen LogP contribution in [-0.2, 0) is 11.0 Å². The van der Waals surface area contributed by atoms with Crippen molar-refractivity contribution in [1.29, 1.82) is 0 Å². The number of aliphatic hydroxyl groups excluding tert-OH is 1. The molecule has 1 aliphatic heterocycles. The summed E-state index contributed by atoms with van der Waals surface area (Å²) in [7, 11) is 0. The molecule has 38 heavy (non-hydrogen) atoms. The van der Waals surface area contributed by atoms with Crippen molar-refractivity contribution in [3.05, 3.63) is 53.1 Å². The normalized spacial score (nSPS) is 20.8. The van der Waals surface area contributed by atoms with Crippen LogP contribution in [0.15, 0.2) is 40.9 Å². The third-order valence-corrected chi connectivity index (χ3v) is 7.61. The fraction of sp³-hybridized carbons (Fsp3) is 0.481. The van der Waals surface area contributed by atoms with Gasteiger partial charge in [-0.15, -0.1) is 0 Å². The number of anilines is 1. The molecule has 3 N–H and O–H groups in total. The Bertz CT molecular complexity index is 1280. The minimum Gasteiger partial charge on any atom is -0.467 e. The number of carbonyl (C=O) groups is 1. The van der Waals surface area contributed by atoms with E-state index in [-0.39, 0.29) is 42.1 Å². The van der Waals surface area contributed by atoms with Gasteiger partial charge in [0.15, 0.2) is 18.2 Å². The van der Waals surface area contributed by atoms with E-state index in [2.05, 4.69) is 26.8 Å². The van der Waals surface area contributed by atoms with Gasteiger partial charge in [0.2, 0.25) is 5.91 Å². The third-order valence-electron chi connectivity index (χ3n) is 7.61. The molecule has 1 saturated heterocycles. The number of amides is 1. The molecule has 8 nitrogen and oxygen atoms in total. The molecule has 2 fully saturated rings. The first-order valence-electron chi connectivity index (χ1n) is 12.8. The molecule has 3 aromatic rings. The van der Waals surface area contributed by atoms with E-state index >= 15 is 0 Å². The Hall–Kier alpha value is -3.31. The highest BCUT2D eigenvalue weighted by atomic mass is 19.4. The van der Waals surface area contributed by atoms with Gasteiger partial charge in [0, 0.05) is 19.1 Å². The van der Waals surface area contributed by atoms with Crippen LogP contribution in [0.4, 0.5) is 19.0 Å². The molecule has 0 atom stereocenters. The van der Waals surface area contributed by atoms with E-state index in [9.17, 15) is 18.0 Å². The first-order valence-corrected chi connectivity index (χ1v) is 12.8. The van der Waals surface area contributed by atoms with Gasteiger partial charge < -0.3 is 25.0 Å². The van der Waals surface area contributed by atoms with Crippen molar-refractivity contribution in [1.82, 2.24) is 15.4 Å². The number of rotatable bonds is 8. The summed E-state index contributed by atoms with van der Waals surface area (Å²) in [5.74, 6) is 1.06. The maximum Gasteiger partial charge on any atom is 0.416 e. The molecule has 0 bridgehead atoms. The number of likely N-dealkylation sites (tertiary alicyclic amines) is 1. The highest BCUT2D eigenvalue weighted by molar-refractivity contribution is 5.90. The highest BCUT2D eigenvalue weighted by Gasteiger charge is 2.35. The number of alkyl halides is 3. The minimum absolute atomic E-state index is 0.0446. The predicted molar refractivity (Wildman–Crippen MR) is 135 cm³/mol. The lowest BCUT2D eigenvalue weighted by Gasteiger charge is -2.46. The Morgan fingerprint density at radius 1 is 1.16 bits per heavy atom. The molecule has 1 amide bonds. The van der Waals surface area contributed by atoms with Gasteiger partial charge in [0.05, 0.1) is 23.5 Å². The van der Waals surface area contributed by atoms with Gasteiger partial charge in [0.1, 0.15) is 5.75 Å². The summed E-state index contributed by atoms with van der Waals surface area (Å²) in [5, 5.41) is 18.8. The monoisotopic (exact) mass is 532 g/mol. The van der Waals surface area contributed by atoms with Crippen molar-refractivity contribution in [2.75, 3.05) is 31.7 Å². The minimum atomic E-state index is -4.48. The number of fused-ring (bicyclic) bond motifs is 1. The summed E-state index contributed by atoms with van der Waals surface area (Å²) in [6, 6.07) is 9.87. The molecule has 5 rings (SSSR count). The van der Waals surface area contributed by atoms with Crippen LogP contribution in [0.5, 0.6) is 5.75 Å². The van der Waals surface area contributed by atoms with Crippen LogP contribution < -0.4 is 15.4 Å². The standard InChI is InChI=1S/C27H31F3N4O4/c1-16-2-3-18(10-24(16)37-15-35)17-4-7-21(8-5-17)34-13-20(14-34)32-25(36)12-31-26-22-11-19(27(28,29)30)6-9-23(22)38-33-26/h2-3,6,9-11,17,20-21,35H,4-5,7-8,12-15H2,1H3,(H,31,33)(H,32,36). The molecule has 1 aliphatic carbocycles. The zero-order valence-electron chi connectivity index (χ0n) is 21.1. The number of aliphatic hydroxyl groups is 1. The molecular weight excluding hydrogens is 501 g/mol. The molecule has 0 spiro atoms. The van der Waals surface area contributed by atoms with Gasteiger partial charge in [-0.2, -0.15) is 13.2 Å². The molecule has 1 aromatic heterocycles. The number of hydrogen-bond acceptors (Lipinski definition) is 7. The zero-order valence-corrected chi connectivity index (χ0v) is 21.1. The first-order chi connectivity index (χ1) is 18.2. The van der Waals surface area contributed by atoms with Gasteiger partial charge in [-0.05, 0) is 73.9 Å².